The number of aryl methyl sites for hydroxylation is 1. The molecule has 5 N–H and O–H groups in total. The molecular weight excluding hydrogens is 435 g/mol. The largest absolute Gasteiger partial charge is 0.403 e. The summed E-state index contributed by atoms with van der Waals surface area (Å²) in [5.74, 6) is -0.761. The Kier molecular flexibility index (Phi) is 8.73. The third-order valence-electron chi connectivity index (χ3n) is 5.85. The first-order chi connectivity index (χ1) is 16.4. The average Bonchev–Trinajstić information content (AvgIpc) is 3.34. The number of rotatable bonds is 9. The molecule has 1 aromatic heterocycles. The van der Waals surface area contributed by atoms with Crippen molar-refractivity contribution in [2.45, 2.75) is 45.1 Å². The van der Waals surface area contributed by atoms with Gasteiger partial charge in [-0.1, -0.05) is 31.7 Å². The Balaban J connectivity index is 1.75. The van der Waals surface area contributed by atoms with Crippen LogP contribution in [0.3, 0.4) is 0 Å². The van der Waals surface area contributed by atoms with E-state index in [0.717, 1.165) is 25.7 Å². The predicted octanol–water partition coefficient (Wildman–Crippen LogP) is 3.57. The van der Waals surface area contributed by atoms with Crippen molar-refractivity contribution in [2.75, 3.05) is 12.4 Å². The number of aliphatic imine (C=N–C) groups is 1. The van der Waals surface area contributed by atoms with Crippen molar-refractivity contribution in [3.05, 3.63) is 65.4 Å². The molecule has 180 valence electrons. The second-order valence-electron chi connectivity index (χ2n) is 8.41. The number of halogens is 1. The SMILES string of the molecule is CN=C/C(=C\N)NC(=O)C(CC1CCCC1)NC(=O)c1cccc(Nc2nccc(C)c2F)c1. The molecule has 0 radical (unpaired) electrons. The van der Waals surface area contributed by atoms with Gasteiger partial charge in [0.1, 0.15) is 6.04 Å². The average molecular weight is 467 g/mol. The van der Waals surface area contributed by atoms with E-state index in [1.807, 2.05) is 0 Å². The monoisotopic (exact) mass is 466 g/mol. The van der Waals surface area contributed by atoms with Gasteiger partial charge in [-0.2, -0.15) is 0 Å². The molecule has 3 rings (SSSR count). The highest BCUT2D eigenvalue weighted by atomic mass is 19.1. The number of hydrogen-bond donors (Lipinski definition) is 4. The summed E-state index contributed by atoms with van der Waals surface area (Å²) >= 11 is 0. The lowest BCUT2D eigenvalue weighted by molar-refractivity contribution is -0.122. The molecule has 34 heavy (non-hydrogen) atoms. The Morgan fingerprint density at radius 2 is 2.06 bits per heavy atom. The Morgan fingerprint density at radius 1 is 1.29 bits per heavy atom. The lowest BCUT2D eigenvalue weighted by atomic mass is 9.97. The predicted molar refractivity (Wildman–Crippen MR) is 131 cm³/mol. The number of hydrogen-bond acceptors (Lipinski definition) is 6. The number of carbonyl (C=O) groups excluding carboxylic acids is 2. The minimum atomic E-state index is -0.733. The highest BCUT2D eigenvalue weighted by molar-refractivity contribution is 5.99. The number of carbonyl (C=O) groups is 2. The molecule has 1 aromatic carbocycles. The molecule has 1 aliphatic carbocycles. The van der Waals surface area contributed by atoms with Crippen molar-refractivity contribution in [3.63, 3.8) is 0 Å². The van der Waals surface area contributed by atoms with Gasteiger partial charge >= 0.3 is 0 Å². The number of anilines is 2. The van der Waals surface area contributed by atoms with Crippen LogP contribution in [0.5, 0.6) is 0 Å². The summed E-state index contributed by atoms with van der Waals surface area (Å²) in [6, 6.07) is 7.48. The van der Waals surface area contributed by atoms with Gasteiger partial charge in [-0.3, -0.25) is 14.6 Å². The number of pyridine rings is 1. The quantitative estimate of drug-likeness (QED) is 0.421. The van der Waals surface area contributed by atoms with Crippen molar-refractivity contribution in [1.29, 1.82) is 0 Å². The van der Waals surface area contributed by atoms with Crippen molar-refractivity contribution in [2.24, 2.45) is 16.6 Å². The van der Waals surface area contributed by atoms with E-state index in [9.17, 15) is 14.0 Å². The Morgan fingerprint density at radius 3 is 2.76 bits per heavy atom. The highest BCUT2D eigenvalue weighted by Gasteiger charge is 2.27. The van der Waals surface area contributed by atoms with E-state index in [-0.39, 0.29) is 11.7 Å². The Labute approximate surface area is 198 Å². The summed E-state index contributed by atoms with van der Waals surface area (Å²) in [6.45, 7) is 1.65. The molecule has 0 aliphatic heterocycles. The van der Waals surface area contributed by atoms with Crippen LogP contribution < -0.4 is 21.7 Å². The van der Waals surface area contributed by atoms with Gasteiger partial charge in [0.05, 0.1) is 5.70 Å². The van der Waals surface area contributed by atoms with E-state index >= 15 is 0 Å². The van der Waals surface area contributed by atoms with Gasteiger partial charge in [-0.15, -0.1) is 0 Å². The lowest BCUT2D eigenvalue weighted by Gasteiger charge is -2.22. The maximum atomic E-state index is 14.3. The summed E-state index contributed by atoms with van der Waals surface area (Å²) in [6.07, 6.45) is 9.06. The zero-order chi connectivity index (χ0) is 24.5. The van der Waals surface area contributed by atoms with Crippen LogP contribution in [0, 0.1) is 18.7 Å². The number of amides is 2. The number of aromatic nitrogens is 1. The van der Waals surface area contributed by atoms with Crippen molar-refractivity contribution in [1.82, 2.24) is 15.6 Å². The summed E-state index contributed by atoms with van der Waals surface area (Å²) in [7, 11) is 1.58. The highest BCUT2D eigenvalue weighted by Crippen LogP contribution is 2.29. The Bertz CT molecular complexity index is 1080. The minimum absolute atomic E-state index is 0.0785. The van der Waals surface area contributed by atoms with E-state index in [4.69, 9.17) is 5.73 Å². The molecule has 1 unspecified atom stereocenters. The molecule has 1 heterocycles. The van der Waals surface area contributed by atoms with Crippen molar-refractivity contribution < 1.29 is 14.0 Å². The number of nitrogens with zero attached hydrogens (tertiary/aromatic N) is 2. The van der Waals surface area contributed by atoms with Gasteiger partial charge < -0.3 is 21.7 Å². The molecule has 1 saturated carbocycles. The van der Waals surface area contributed by atoms with Crippen LogP contribution in [-0.2, 0) is 4.79 Å². The van der Waals surface area contributed by atoms with Crippen molar-refractivity contribution in [3.8, 4) is 0 Å². The smallest absolute Gasteiger partial charge is 0.252 e. The molecule has 0 saturated heterocycles. The lowest BCUT2D eigenvalue weighted by Crippen LogP contribution is -2.47. The molecule has 0 spiro atoms. The Hall–Kier alpha value is -3.75. The molecule has 8 nitrogen and oxygen atoms in total. The van der Waals surface area contributed by atoms with E-state index in [1.165, 1.54) is 18.6 Å². The molecule has 1 atom stereocenters. The van der Waals surface area contributed by atoms with Crippen LogP contribution in [0.2, 0.25) is 0 Å². The number of allylic oxidation sites excluding steroid dienone is 1. The summed E-state index contributed by atoms with van der Waals surface area (Å²) in [5, 5.41) is 8.50. The molecule has 1 fully saturated rings. The van der Waals surface area contributed by atoms with E-state index in [1.54, 1.807) is 44.3 Å². The molecule has 9 heteroatoms. The van der Waals surface area contributed by atoms with Crippen molar-refractivity contribution >= 4 is 29.5 Å². The van der Waals surface area contributed by atoms with Gasteiger partial charge in [0, 0.05) is 36.9 Å². The summed E-state index contributed by atoms with van der Waals surface area (Å²) in [4.78, 5) is 33.9. The first-order valence-corrected chi connectivity index (χ1v) is 11.3. The van der Waals surface area contributed by atoms with Gasteiger partial charge in [-0.05, 0) is 49.1 Å². The fourth-order valence-corrected chi connectivity index (χ4v) is 4.04. The molecule has 2 amide bonds. The summed E-state index contributed by atoms with van der Waals surface area (Å²) in [5.41, 5.74) is 7.24. The third kappa shape index (κ3) is 6.63. The van der Waals surface area contributed by atoms with Crippen LogP contribution in [0.1, 0.15) is 48.0 Å². The molecular formula is C25H31FN6O2. The number of nitrogens with two attached hydrogens (primary N) is 1. The van der Waals surface area contributed by atoms with Gasteiger partial charge in [0.2, 0.25) is 5.91 Å². The molecule has 1 aliphatic rings. The third-order valence-corrected chi connectivity index (χ3v) is 5.85. The second-order valence-corrected chi connectivity index (χ2v) is 8.41. The number of benzene rings is 1. The minimum Gasteiger partial charge on any atom is -0.403 e. The second kappa shape index (κ2) is 11.9. The maximum absolute atomic E-state index is 14.3. The first-order valence-electron chi connectivity index (χ1n) is 11.3. The van der Waals surface area contributed by atoms with Gasteiger partial charge in [0.15, 0.2) is 11.6 Å². The van der Waals surface area contributed by atoms with E-state index in [2.05, 4.69) is 25.9 Å². The normalized spacial score (nSPS) is 15.3. The standard InChI is InChI=1S/C25H31FN6O2/c1-16-10-11-29-23(22(16)26)30-19-9-5-8-18(13-19)24(33)32-21(12-17-6-3-4-7-17)25(34)31-20(14-27)15-28-2/h5,8-11,13-15,17,21H,3-4,6-7,12,27H2,1-2H3,(H,29,30)(H,31,34)(H,32,33)/b20-14+,28-15?. The van der Waals surface area contributed by atoms with Crippen LogP contribution in [-0.4, -0.2) is 36.1 Å². The fraction of sp³-hybridized carbons (Fsp3) is 0.360. The fourth-order valence-electron chi connectivity index (χ4n) is 4.04. The topological polar surface area (TPSA) is 121 Å². The van der Waals surface area contributed by atoms with Gasteiger partial charge in [-0.25, -0.2) is 9.37 Å². The zero-order valence-electron chi connectivity index (χ0n) is 19.5. The van der Waals surface area contributed by atoms with Crippen LogP contribution in [0.15, 0.2) is 53.4 Å². The zero-order valence-corrected chi connectivity index (χ0v) is 19.5. The van der Waals surface area contributed by atoms with E-state index in [0.29, 0.717) is 34.9 Å². The molecule has 0 bridgehead atoms. The van der Waals surface area contributed by atoms with Gasteiger partial charge in [0.25, 0.3) is 5.91 Å². The van der Waals surface area contributed by atoms with Crippen LogP contribution >= 0.6 is 0 Å². The first kappa shape index (κ1) is 24.9. The van der Waals surface area contributed by atoms with Crippen LogP contribution in [0.25, 0.3) is 0 Å². The van der Waals surface area contributed by atoms with E-state index < -0.39 is 17.8 Å². The molecule has 2 aromatic rings. The number of nitrogens with one attached hydrogen (secondary N) is 3. The van der Waals surface area contributed by atoms with Crippen LogP contribution in [0.4, 0.5) is 15.9 Å². The summed E-state index contributed by atoms with van der Waals surface area (Å²) < 4.78 is 14.3. The maximum Gasteiger partial charge on any atom is 0.252 e.